The summed E-state index contributed by atoms with van der Waals surface area (Å²) in [5.41, 5.74) is -2.19. The van der Waals surface area contributed by atoms with E-state index < -0.39 is 40.9 Å². The zero-order valence-corrected chi connectivity index (χ0v) is 14.7. The van der Waals surface area contributed by atoms with Gasteiger partial charge in [-0.25, -0.2) is 9.59 Å². The van der Waals surface area contributed by atoms with Crippen LogP contribution in [0.15, 0.2) is 15.8 Å². The Hall–Kier alpha value is -2.42. The molecular weight excluding hydrogens is 332 g/mol. The molecule has 0 bridgehead atoms. The van der Waals surface area contributed by atoms with Crippen LogP contribution in [0.25, 0.3) is 0 Å². The number of hydrogen-bond donors (Lipinski definition) is 1. The Balaban J connectivity index is 2.43. The van der Waals surface area contributed by atoms with Gasteiger partial charge in [-0.2, -0.15) is 0 Å². The first kappa shape index (κ1) is 18.9. The molecule has 1 fully saturated rings. The average Bonchev–Trinajstić information content (AvgIpc) is 2.90. The van der Waals surface area contributed by atoms with Crippen molar-refractivity contribution in [3.8, 4) is 0 Å². The molecular formula is C16H22N2O7. The molecule has 3 unspecified atom stereocenters. The summed E-state index contributed by atoms with van der Waals surface area (Å²) in [5.74, 6) is -1.31. The second kappa shape index (κ2) is 7.22. The molecule has 9 heteroatoms. The molecule has 3 atom stereocenters. The summed E-state index contributed by atoms with van der Waals surface area (Å²) in [6.07, 6.45) is -0.756. The molecule has 2 heterocycles. The molecule has 1 aliphatic heterocycles. The highest BCUT2D eigenvalue weighted by molar-refractivity contribution is 5.87. The van der Waals surface area contributed by atoms with Crippen molar-refractivity contribution in [3.63, 3.8) is 0 Å². The molecule has 2 rings (SSSR count). The molecule has 1 aromatic heterocycles. The van der Waals surface area contributed by atoms with E-state index in [2.05, 4.69) is 4.98 Å². The maximum Gasteiger partial charge on any atom is 0.336 e. The molecule has 0 aliphatic carbocycles. The van der Waals surface area contributed by atoms with Gasteiger partial charge in [-0.05, 0) is 27.7 Å². The predicted molar refractivity (Wildman–Crippen MR) is 86.0 cm³/mol. The first-order valence-electron chi connectivity index (χ1n) is 8.06. The van der Waals surface area contributed by atoms with Crippen molar-refractivity contribution in [1.29, 1.82) is 0 Å². The van der Waals surface area contributed by atoms with Crippen LogP contribution < -0.4 is 11.2 Å². The number of esters is 2. The van der Waals surface area contributed by atoms with Gasteiger partial charge in [0.25, 0.3) is 5.56 Å². The van der Waals surface area contributed by atoms with Crippen LogP contribution in [0.4, 0.5) is 0 Å². The van der Waals surface area contributed by atoms with Crippen LogP contribution in [0.5, 0.6) is 0 Å². The van der Waals surface area contributed by atoms with E-state index >= 15 is 0 Å². The van der Waals surface area contributed by atoms with E-state index in [4.69, 9.17) is 14.2 Å². The number of ether oxygens (including phenoxy) is 3. The van der Waals surface area contributed by atoms with E-state index in [1.807, 2.05) is 0 Å². The molecule has 0 aromatic carbocycles. The monoisotopic (exact) mass is 354 g/mol. The quantitative estimate of drug-likeness (QED) is 0.754. The highest BCUT2D eigenvalue weighted by Gasteiger charge is 2.56. The molecule has 1 aromatic rings. The lowest BCUT2D eigenvalue weighted by atomic mass is 9.82. The van der Waals surface area contributed by atoms with E-state index in [9.17, 15) is 19.2 Å². The van der Waals surface area contributed by atoms with Gasteiger partial charge < -0.3 is 14.2 Å². The predicted octanol–water partition coefficient (Wildman–Crippen LogP) is 0.265. The topological polar surface area (TPSA) is 117 Å². The number of H-pyrrole nitrogens is 1. The van der Waals surface area contributed by atoms with Crippen LogP contribution in [0.2, 0.25) is 0 Å². The van der Waals surface area contributed by atoms with Crippen LogP contribution in [0, 0.1) is 12.3 Å². The van der Waals surface area contributed by atoms with Crippen molar-refractivity contribution < 1.29 is 23.8 Å². The number of nitrogens with zero attached hydrogens (tertiary/aromatic N) is 1. The Bertz CT molecular complexity index is 781. The third kappa shape index (κ3) is 3.51. The SMILES string of the molecule is CCOC(=O)C1OC(n2cc(C)c(=O)[nH]c2=O)CC1(C)C(=O)OCC. The van der Waals surface area contributed by atoms with Crippen molar-refractivity contribution in [2.45, 2.75) is 46.4 Å². The van der Waals surface area contributed by atoms with Crippen LogP contribution >= 0.6 is 0 Å². The van der Waals surface area contributed by atoms with Gasteiger partial charge in [0.2, 0.25) is 0 Å². The number of hydrogen-bond acceptors (Lipinski definition) is 7. The number of carbonyl (C=O) groups is 2. The van der Waals surface area contributed by atoms with Crippen molar-refractivity contribution in [1.82, 2.24) is 9.55 Å². The number of aromatic amines is 1. The van der Waals surface area contributed by atoms with Gasteiger partial charge >= 0.3 is 17.6 Å². The van der Waals surface area contributed by atoms with Crippen molar-refractivity contribution in [2.24, 2.45) is 5.41 Å². The Morgan fingerprint density at radius 2 is 1.96 bits per heavy atom. The standard InChI is InChI=1S/C16H22N2O7/c1-5-23-13(20)11-16(4,14(21)24-6-2)7-10(25-11)18-8-9(3)12(19)17-15(18)22/h8,10-11H,5-7H2,1-4H3,(H,17,19,22). The molecule has 0 spiro atoms. The first-order valence-corrected chi connectivity index (χ1v) is 8.06. The minimum Gasteiger partial charge on any atom is -0.465 e. The molecule has 0 saturated carbocycles. The van der Waals surface area contributed by atoms with Gasteiger partial charge in [0.15, 0.2) is 6.10 Å². The van der Waals surface area contributed by atoms with Crippen LogP contribution in [-0.4, -0.2) is 40.8 Å². The number of nitrogens with one attached hydrogen (secondary N) is 1. The van der Waals surface area contributed by atoms with E-state index in [-0.39, 0.29) is 19.6 Å². The van der Waals surface area contributed by atoms with E-state index in [0.717, 1.165) is 4.57 Å². The van der Waals surface area contributed by atoms with Crippen LogP contribution in [0.3, 0.4) is 0 Å². The second-order valence-electron chi connectivity index (χ2n) is 6.04. The Labute approximate surface area is 143 Å². The number of aromatic nitrogens is 2. The third-order valence-corrected chi connectivity index (χ3v) is 4.17. The molecule has 9 nitrogen and oxygen atoms in total. The largest absolute Gasteiger partial charge is 0.465 e. The smallest absolute Gasteiger partial charge is 0.336 e. The number of carbonyl (C=O) groups excluding carboxylic acids is 2. The highest BCUT2D eigenvalue weighted by atomic mass is 16.6. The molecule has 0 radical (unpaired) electrons. The van der Waals surface area contributed by atoms with Gasteiger partial charge in [0, 0.05) is 18.2 Å². The molecule has 138 valence electrons. The third-order valence-electron chi connectivity index (χ3n) is 4.17. The Morgan fingerprint density at radius 3 is 2.56 bits per heavy atom. The summed E-state index contributed by atoms with van der Waals surface area (Å²) < 4.78 is 16.9. The summed E-state index contributed by atoms with van der Waals surface area (Å²) in [5, 5.41) is 0. The zero-order valence-electron chi connectivity index (χ0n) is 14.7. The van der Waals surface area contributed by atoms with Crippen molar-refractivity contribution in [2.75, 3.05) is 13.2 Å². The molecule has 1 saturated heterocycles. The van der Waals surface area contributed by atoms with Crippen molar-refractivity contribution in [3.05, 3.63) is 32.6 Å². The normalized spacial score (nSPS) is 25.6. The summed E-state index contributed by atoms with van der Waals surface area (Å²) in [4.78, 5) is 50.5. The molecule has 0 amide bonds. The van der Waals surface area contributed by atoms with Gasteiger partial charge in [-0.15, -0.1) is 0 Å². The summed E-state index contributed by atoms with van der Waals surface area (Å²) in [7, 11) is 0. The fourth-order valence-corrected chi connectivity index (χ4v) is 2.81. The van der Waals surface area contributed by atoms with Gasteiger partial charge in [-0.1, -0.05) is 0 Å². The van der Waals surface area contributed by atoms with Crippen molar-refractivity contribution >= 4 is 11.9 Å². The van der Waals surface area contributed by atoms with E-state index in [0.29, 0.717) is 5.56 Å². The zero-order chi connectivity index (χ0) is 18.8. The fourth-order valence-electron chi connectivity index (χ4n) is 2.81. The van der Waals surface area contributed by atoms with E-state index in [1.165, 1.54) is 20.0 Å². The molecule has 1 aliphatic rings. The van der Waals surface area contributed by atoms with Gasteiger partial charge in [0.05, 0.1) is 13.2 Å². The highest BCUT2D eigenvalue weighted by Crippen LogP contribution is 2.44. The number of aryl methyl sites for hydroxylation is 1. The minimum atomic E-state index is -1.31. The summed E-state index contributed by atoms with van der Waals surface area (Å²) in [6, 6.07) is 0. The lowest BCUT2D eigenvalue weighted by Crippen LogP contribution is -2.43. The molecule has 1 N–H and O–H groups in total. The lowest BCUT2D eigenvalue weighted by Gasteiger charge is -2.25. The van der Waals surface area contributed by atoms with E-state index in [1.54, 1.807) is 13.8 Å². The fraction of sp³-hybridized carbons (Fsp3) is 0.625. The average molecular weight is 354 g/mol. The summed E-state index contributed by atoms with van der Waals surface area (Å²) >= 11 is 0. The van der Waals surface area contributed by atoms with Gasteiger partial charge in [-0.3, -0.25) is 19.1 Å². The van der Waals surface area contributed by atoms with Crippen LogP contribution in [-0.2, 0) is 23.8 Å². The van der Waals surface area contributed by atoms with Crippen LogP contribution in [0.1, 0.15) is 39.0 Å². The minimum absolute atomic E-state index is 0.0285. The number of rotatable bonds is 5. The Kier molecular flexibility index (Phi) is 5.46. The lowest BCUT2D eigenvalue weighted by molar-refractivity contribution is -0.172. The maximum atomic E-state index is 12.4. The first-order chi connectivity index (χ1) is 11.7. The molecule has 25 heavy (non-hydrogen) atoms. The summed E-state index contributed by atoms with van der Waals surface area (Å²) in [6.45, 7) is 6.64. The second-order valence-corrected chi connectivity index (χ2v) is 6.04. The van der Waals surface area contributed by atoms with Gasteiger partial charge in [0.1, 0.15) is 11.6 Å². The maximum absolute atomic E-state index is 12.4. The Morgan fingerprint density at radius 1 is 1.32 bits per heavy atom.